The molecule has 7 heteroatoms. The van der Waals surface area contributed by atoms with E-state index < -0.39 is 11.7 Å². The Morgan fingerprint density at radius 1 is 1.21 bits per heavy atom. The molecule has 2 N–H and O–H groups in total. The predicted molar refractivity (Wildman–Crippen MR) is 114 cm³/mol. The molecule has 1 aromatic heterocycles. The highest BCUT2D eigenvalue weighted by atomic mass is 16.6. The maximum absolute atomic E-state index is 12.9. The lowest BCUT2D eigenvalue weighted by atomic mass is 10.1. The van der Waals surface area contributed by atoms with E-state index in [2.05, 4.69) is 15.8 Å². The summed E-state index contributed by atoms with van der Waals surface area (Å²) < 4.78 is 6.97. The normalized spacial score (nSPS) is 11.2. The van der Waals surface area contributed by atoms with Crippen molar-refractivity contribution in [2.24, 2.45) is 5.10 Å². The van der Waals surface area contributed by atoms with Crippen molar-refractivity contribution < 1.29 is 9.53 Å². The number of hydrazone groups is 1. The first-order valence-corrected chi connectivity index (χ1v) is 9.46. The van der Waals surface area contributed by atoms with Crippen LogP contribution in [-0.2, 0) is 11.3 Å². The molecular weight excluding hydrogens is 356 g/mol. The number of carbonyl (C=O) groups excluding carboxylic acids is 1. The lowest BCUT2D eigenvalue weighted by Gasteiger charge is -2.20. The number of amides is 1. The van der Waals surface area contributed by atoms with Crippen LogP contribution in [0.2, 0.25) is 0 Å². The highest BCUT2D eigenvalue weighted by Crippen LogP contribution is 2.25. The summed E-state index contributed by atoms with van der Waals surface area (Å²) in [6, 6.07) is 7.74. The number of alkyl carbamates (subject to hydrolysis) is 1. The molecule has 0 aliphatic rings. The van der Waals surface area contributed by atoms with Crippen LogP contribution in [0.25, 0.3) is 10.9 Å². The SMILES string of the molecule is CC(C)=NNc1c(C)c(=O)n(CCCNC(=O)OC(C)(C)C)c2ccccc12. The predicted octanol–water partition coefficient (Wildman–Crippen LogP) is 4.03. The highest BCUT2D eigenvalue weighted by molar-refractivity contribution is 5.93. The molecule has 28 heavy (non-hydrogen) atoms. The number of nitrogens with one attached hydrogen (secondary N) is 2. The minimum absolute atomic E-state index is 0.0672. The van der Waals surface area contributed by atoms with E-state index in [1.54, 1.807) is 11.5 Å². The zero-order valence-electron chi connectivity index (χ0n) is 17.5. The number of pyridine rings is 1. The van der Waals surface area contributed by atoms with Gasteiger partial charge in [0.05, 0.1) is 11.2 Å². The summed E-state index contributed by atoms with van der Waals surface area (Å²) in [6.07, 6.45) is 0.162. The van der Waals surface area contributed by atoms with Gasteiger partial charge in [0.25, 0.3) is 5.56 Å². The summed E-state index contributed by atoms with van der Waals surface area (Å²) in [5.74, 6) is 0. The smallest absolute Gasteiger partial charge is 0.407 e. The molecule has 0 unspecified atom stereocenters. The fourth-order valence-electron chi connectivity index (χ4n) is 2.82. The summed E-state index contributed by atoms with van der Waals surface area (Å²) >= 11 is 0. The molecule has 1 amide bonds. The van der Waals surface area contributed by atoms with Crippen molar-refractivity contribution in [3.05, 3.63) is 40.2 Å². The van der Waals surface area contributed by atoms with Gasteiger partial charge in [-0.25, -0.2) is 4.79 Å². The van der Waals surface area contributed by atoms with Crippen LogP contribution in [0.15, 0.2) is 34.2 Å². The zero-order valence-corrected chi connectivity index (χ0v) is 17.5. The van der Waals surface area contributed by atoms with E-state index in [1.807, 2.05) is 58.9 Å². The van der Waals surface area contributed by atoms with E-state index in [-0.39, 0.29) is 5.56 Å². The molecule has 0 spiro atoms. The van der Waals surface area contributed by atoms with Gasteiger partial charge in [0.1, 0.15) is 5.60 Å². The molecule has 0 fully saturated rings. The second-order valence-electron chi connectivity index (χ2n) is 7.93. The van der Waals surface area contributed by atoms with Gasteiger partial charge in [0, 0.05) is 29.8 Å². The maximum Gasteiger partial charge on any atom is 0.407 e. The van der Waals surface area contributed by atoms with Gasteiger partial charge < -0.3 is 14.6 Å². The maximum atomic E-state index is 12.9. The van der Waals surface area contributed by atoms with Gasteiger partial charge in [0.2, 0.25) is 0 Å². The number of fused-ring (bicyclic) bond motifs is 1. The Hall–Kier alpha value is -2.83. The van der Waals surface area contributed by atoms with Crippen LogP contribution >= 0.6 is 0 Å². The van der Waals surface area contributed by atoms with Crippen molar-refractivity contribution >= 4 is 28.4 Å². The van der Waals surface area contributed by atoms with Crippen LogP contribution in [0.5, 0.6) is 0 Å². The fraction of sp³-hybridized carbons (Fsp3) is 0.476. The van der Waals surface area contributed by atoms with E-state index in [0.29, 0.717) is 25.1 Å². The Morgan fingerprint density at radius 2 is 1.89 bits per heavy atom. The number of ether oxygens (including phenoxy) is 1. The van der Waals surface area contributed by atoms with Crippen LogP contribution in [-0.4, -0.2) is 28.5 Å². The zero-order chi connectivity index (χ0) is 20.9. The fourth-order valence-corrected chi connectivity index (χ4v) is 2.82. The van der Waals surface area contributed by atoms with Crippen molar-refractivity contribution in [3.8, 4) is 0 Å². The summed E-state index contributed by atoms with van der Waals surface area (Å²) in [6.45, 7) is 12.0. The van der Waals surface area contributed by atoms with Gasteiger partial charge in [-0.15, -0.1) is 0 Å². The monoisotopic (exact) mass is 386 g/mol. The van der Waals surface area contributed by atoms with Crippen LogP contribution in [0.1, 0.15) is 46.6 Å². The Bertz CT molecular complexity index is 935. The number of aryl methyl sites for hydroxylation is 1. The third kappa shape index (κ3) is 5.58. The first-order valence-electron chi connectivity index (χ1n) is 9.46. The molecule has 7 nitrogen and oxygen atoms in total. The van der Waals surface area contributed by atoms with Crippen LogP contribution < -0.4 is 16.3 Å². The van der Waals surface area contributed by atoms with Crippen LogP contribution in [0, 0.1) is 6.92 Å². The standard InChI is InChI=1S/C21H30N4O3/c1-14(2)23-24-18-15(3)19(26)25(17-11-8-7-10-16(17)18)13-9-12-22-20(27)28-21(4,5)6/h7-8,10-11,24H,9,12-13H2,1-6H3,(H,22,27). The van der Waals surface area contributed by atoms with Crippen LogP contribution in [0.4, 0.5) is 10.5 Å². The molecular formula is C21H30N4O3. The third-order valence-corrected chi connectivity index (χ3v) is 4.02. The lowest BCUT2D eigenvalue weighted by Crippen LogP contribution is -2.33. The Balaban J connectivity index is 2.21. The summed E-state index contributed by atoms with van der Waals surface area (Å²) in [5, 5.41) is 7.92. The quantitative estimate of drug-likeness (QED) is 0.446. The number of carbonyl (C=O) groups is 1. The average Bonchev–Trinajstić information content (AvgIpc) is 2.59. The molecule has 152 valence electrons. The Kier molecular flexibility index (Phi) is 6.83. The van der Waals surface area contributed by atoms with Gasteiger partial charge in [-0.05, 0) is 54.0 Å². The van der Waals surface area contributed by atoms with E-state index in [4.69, 9.17) is 4.74 Å². The minimum atomic E-state index is -0.531. The molecule has 0 bridgehead atoms. The largest absolute Gasteiger partial charge is 0.444 e. The molecule has 0 atom stereocenters. The molecule has 0 radical (unpaired) electrons. The molecule has 0 saturated carbocycles. The van der Waals surface area contributed by atoms with Crippen molar-refractivity contribution in [2.75, 3.05) is 12.0 Å². The molecule has 0 aliphatic heterocycles. The van der Waals surface area contributed by atoms with Crippen LogP contribution in [0.3, 0.4) is 0 Å². The first kappa shape index (κ1) is 21.5. The number of para-hydroxylation sites is 1. The highest BCUT2D eigenvalue weighted by Gasteiger charge is 2.16. The number of hydrogen-bond donors (Lipinski definition) is 2. The van der Waals surface area contributed by atoms with E-state index in [1.165, 1.54) is 0 Å². The van der Waals surface area contributed by atoms with E-state index in [0.717, 1.165) is 22.3 Å². The van der Waals surface area contributed by atoms with Crippen molar-refractivity contribution in [1.82, 2.24) is 9.88 Å². The van der Waals surface area contributed by atoms with Gasteiger partial charge in [-0.1, -0.05) is 18.2 Å². The van der Waals surface area contributed by atoms with Gasteiger partial charge >= 0.3 is 6.09 Å². The molecule has 2 aromatic rings. The van der Waals surface area contributed by atoms with Crippen molar-refractivity contribution in [3.63, 3.8) is 0 Å². The lowest BCUT2D eigenvalue weighted by molar-refractivity contribution is 0.0526. The van der Waals surface area contributed by atoms with Gasteiger partial charge in [0.15, 0.2) is 0 Å². The number of benzene rings is 1. The van der Waals surface area contributed by atoms with E-state index in [9.17, 15) is 9.59 Å². The molecule has 0 saturated heterocycles. The summed E-state index contributed by atoms with van der Waals surface area (Å²) in [7, 11) is 0. The van der Waals surface area contributed by atoms with Crippen molar-refractivity contribution in [1.29, 1.82) is 0 Å². The minimum Gasteiger partial charge on any atom is -0.444 e. The first-order chi connectivity index (χ1) is 13.1. The van der Waals surface area contributed by atoms with Gasteiger partial charge in [-0.3, -0.25) is 10.2 Å². The topological polar surface area (TPSA) is 84.7 Å². The van der Waals surface area contributed by atoms with Gasteiger partial charge in [-0.2, -0.15) is 5.10 Å². The second kappa shape index (κ2) is 8.91. The Morgan fingerprint density at radius 3 is 2.54 bits per heavy atom. The Labute approximate surface area is 165 Å². The second-order valence-corrected chi connectivity index (χ2v) is 7.93. The van der Waals surface area contributed by atoms with Crippen molar-refractivity contribution in [2.45, 2.75) is 60.1 Å². The molecule has 1 aromatic carbocycles. The number of aromatic nitrogens is 1. The number of nitrogens with zero attached hydrogens (tertiary/aromatic N) is 2. The number of anilines is 1. The molecule has 2 rings (SSSR count). The number of rotatable bonds is 6. The molecule has 1 heterocycles. The average molecular weight is 386 g/mol. The summed E-state index contributed by atoms with van der Waals surface area (Å²) in [5.41, 5.74) is 5.48. The molecule has 0 aliphatic carbocycles. The van der Waals surface area contributed by atoms with E-state index >= 15 is 0 Å². The number of hydrogen-bond acceptors (Lipinski definition) is 5. The third-order valence-electron chi connectivity index (χ3n) is 4.02. The summed E-state index contributed by atoms with van der Waals surface area (Å²) in [4.78, 5) is 24.7.